The summed E-state index contributed by atoms with van der Waals surface area (Å²) in [4.78, 5) is 18.7. The molecule has 3 rings (SSSR count). The van der Waals surface area contributed by atoms with Crippen molar-refractivity contribution in [3.8, 4) is 11.3 Å². The molecule has 0 aliphatic rings. The number of urea groups is 1. The van der Waals surface area contributed by atoms with Crippen LogP contribution in [0, 0.1) is 0 Å². The van der Waals surface area contributed by atoms with Crippen molar-refractivity contribution >= 4 is 23.4 Å². The number of carbonyl (C=O) groups excluding carboxylic acids is 1. The first kappa shape index (κ1) is 21.0. The molecule has 0 aliphatic carbocycles. The summed E-state index contributed by atoms with van der Waals surface area (Å²) in [5, 5.41) is 4.33. The van der Waals surface area contributed by atoms with E-state index in [-0.39, 0.29) is 17.7 Å². The molecule has 0 saturated carbocycles. The number of nitrogens with two attached hydrogens (primary N) is 1. The van der Waals surface area contributed by atoms with E-state index < -0.39 is 35.2 Å². The largest absolute Gasteiger partial charge is 0.416 e. The van der Waals surface area contributed by atoms with Crippen LogP contribution in [0.15, 0.2) is 48.7 Å². The Kier molecular flexibility index (Phi) is 5.33. The number of amides is 2. The number of imidazole rings is 1. The first-order valence-corrected chi connectivity index (χ1v) is 8.20. The van der Waals surface area contributed by atoms with E-state index in [2.05, 4.69) is 15.3 Å². The summed E-state index contributed by atoms with van der Waals surface area (Å²) in [6.45, 7) is 0. The van der Waals surface area contributed by atoms with E-state index in [1.807, 2.05) is 5.32 Å². The quantitative estimate of drug-likeness (QED) is 0.423. The van der Waals surface area contributed by atoms with Crippen LogP contribution in [0.3, 0.4) is 0 Å². The number of anilines is 3. The Balaban J connectivity index is 1.81. The van der Waals surface area contributed by atoms with Crippen LogP contribution in [0.4, 0.5) is 48.5 Å². The predicted octanol–water partition coefficient (Wildman–Crippen LogP) is 5.34. The number of hydrogen-bond donors (Lipinski definition) is 4. The minimum absolute atomic E-state index is 0.0251. The van der Waals surface area contributed by atoms with E-state index in [4.69, 9.17) is 5.73 Å². The first-order chi connectivity index (χ1) is 13.9. The topological polar surface area (TPSA) is 95.8 Å². The van der Waals surface area contributed by atoms with Crippen molar-refractivity contribution in [1.29, 1.82) is 0 Å². The van der Waals surface area contributed by atoms with Crippen molar-refractivity contribution in [2.45, 2.75) is 12.4 Å². The molecule has 1 heterocycles. The van der Waals surface area contributed by atoms with E-state index in [1.165, 1.54) is 18.3 Å². The zero-order valence-electron chi connectivity index (χ0n) is 14.8. The van der Waals surface area contributed by atoms with Crippen LogP contribution in [0.2, 0.25) is 0 Å². The van der Waals surface area contributed by atoms with Crippen LogP contribution in [-0.2, 0) is 12.4 Å². The molecule has 5 N–H and O–H groups in total. The molecular formula is C18H13F6N5O. The molecule has 30 heavy (non-hydrogen) atoms. The minimum Gasteiger partial charge on any atom is -0.369 e. The predicted molar refractivity (Wildman–Crippen MR) is 97.5 cm³/mol. The molecule has 0 aliphatic heterocycles. The SMILES string of the molecule is Nc1ncc(-c2cccc(NC(=O)Nc3cc(C(F)(F)F)cc(C(F)(F)F)c3)c2)[nH]1. The monoisotopic (exact) mass is 429 g/mol. The zero-order valence-corrected chi connectivity index (χ0v) is 14.8. The summed E-state index contributed by atoms with van der Waals surface area (Å²) < 4.78 is 77.5. The molecule has 0 saturated heterocycles. The van der Waals surface area contributed by atoms with Crippen molar-refractivity contribution in [2.24, 2.45) is 0 Å². The highest BCUT2D eigenvalue weighted by atomic mass is 19.4. The molecule has 1 aromatic heterocycles. The molecule has 3 aromatic rings. The molecule has 2 aromatic carbocycles. The molecule has 2 amide bonds. The molecule has 6 nitrogen and oxygen atoms in total. The highest BCUT2D eigenvalue weighted by molar-refractivity contribution is 6.00. The smallest absolute Gasteiger partial charge is 0.369 e. The maximum Gasteiger partial charge on any atom is 0.416 e. The number of carbonyl (C=O) groups is 1. The van der Waals surface area contributed by atoms with Crippen LogP contribution < -0.4 is 16.4 Å². The second-order valence-corrected chi connectivity index (χ2v) is 6.14. The Labute approximate surface area is 165 Å². The molecule has 158 valence electrons. The third kappa shape index (κ3) is 5.01. The Morgan fingerprint density at radius 3 is 2.03 bits per heavy atom. The van der Waals surface area contributed by atoms with Gasteiger partial charge in [-0.3, -0.25) is 0 Å². The second kappa shape index (κ2) is 7.61. The van der Waals surface area contributed by atoms with Crippen LogP contribution in [0.5, 0.6) is 0 Å². The number of halogens is 6. The Bertz CT molecular complexity index is 1040. The van der Waals surface area contributed by atoms with Gasteiger partial charge >= 0.3 is 18.4 Å². The van der Waals surface area contributed by atoms with Crippen LogP contribution in [-0.4, -0.2) is 16.0 Å². The average Bonchev–Trinajstić information content (AvgIpc) is 3.06. The van der Waals surface area contributed by atoms with Gasteiger partial charge in [0.05, 0.1) is 23.0 Å². The maximum atomic E-state index is 12.9. The number of aromatic nitrogens is 2. The fourth-order valence-electron chi connectivity index (χ4n) is 2.57. The molecule has 0 spiro atoms. The number of nitrogens with zero attached hydrogens (tertiary/aromatic N) is 1. The normalized spacial score (nSPS) is 11.9. The number of aromatic amines is 1. The summed E-state index contributed by atoms with van der Waals surface area (Å²) in [6.07, 6.45) is -8.58. The van der Waals surface area contributed by atoms with Crippen molar-refractivity contribution in [3.05, 3.63) is 59.8 Å². The minimum atomic E-state index is -5.02. The fourth-order valence-corrected chi connectivity index (χ4v) is 2.57. The Hall–Kier alpha value is -3.70. The van der Waals surface area contributed by atoms with Gasteiger partial charge in [0.15, 0.2) is 5.95 Å². The fraction of sp³-hybridized carbons (Fsp3) is 0.111. The van der Waals surface area contributed by atoms with Gasteiger partial charge in [-0.1, -0.05) is 12.1 Å². The lowest BCUT2D eigenvalue weighted by atomic mass is 10.1. The van der Waals surface area contributed by atoms with Crippen molar-refractivity contribution in [1.82, 2.24) is 9.97 Å². The van der Waals surface area contributed by atoms with Gasteiger partial charge < -0.3 is 21.4 Å². The van der Waals surface area contributed by atoms with Crippen molar-refractivity contribution in [3.63, 3.8) is 0 Å². The second-order valence-electron chi connectivity index (χ2n) is 6.14. The molecule has 0 unspecified atom stereocenters. The Morgan fingerprint density at radius 1 is 0.900 bits per heavy atom. The molecule has 0 bridgehead atoms. The van der Waals surface area contributed by atoms with E-state index in [1.54, 1.807) is 12.1 Å². The number of hydrogen-bond acceptors (Lipinski definition) is 3. The number of nitrogens with one attached hydrogen (secondary N) is 3. The van der Waals surface area contributed by atoms with Gasteiger partial charge in [-0.2, -0.15) is 26.3 Å². The number of nitrogen functional groups attached to an aromatic ring is 1. The first-order valence-electron chi connectivity index (χ1n) is 8.20. The van der Waals surface area contributed by atoms with Gasteiger partial charge in [0.1, 0.15) is 0 Å². The van der Waals surface area contributed by atoms with E-state index in [0.717, 1.165) is 0 Å². The van der Waals surface area contributed by atoms with Gasteiger partial charge in [-0.15, -0.1) is 0 Å². The van der Waals surface area contributed by atoms with Crippen molar-refractivity contribution in [2.75, 3.05) is 16.4 Å². The van der Waals surface area contributed by atoms with Crippen LogP contribution in [0.25, 0.3) is 11.3 Å². The third-order valence-electron chi connectivity index (χ3n) is 3.87. The molecule has 0 atom stereocenters. The maximum absolute atomic E-state index is 12.9. The lowest BCUT2D eigenvalue weighted by molar-refractivity contribution is -0.143. The number of benzene rings is 2. The van der Waals surface area contributed by atoms with E-state index in [9.17, 15) is 31.1 Å². The Morgan fingerprint density at radius 2 is 1.50 bits per heavy atom. The molecule has 0 fully saturated rings. The standard InChI is InChI=1S/C18H13F6N5O/c19-17(20,21)10-5-11(18(22,23)24)7-13(6-10)28-16(30)27-12-3-1-2-9(4-12)14-8-26-15(25)29-14/h1-8H,(H3,25,26,29)(H2,27,28,30). The van der Waals surface area contributed by atoms with Gasteiger partial charge in [0.2, 0.25) is 0 Å². The van der Waals surface area contributed by atoms with E-state index in [0.29, 0.717) is 23.4 Å². The molecule has 12 heteroatoms. The number of H-pyrrole nitrogens is 1. The number of rotatable bonds is 3. The zero-order chi connectivity index (χ0) is 22.1. The highest BCUT2D eigenvalue weighted by Gasteiger charge is 2.37. The summed E-state index contributed by atoms with van der Waals surface area (Å²) >= 11 is 0. The number of alkyl halides is 6. The molecular weight excluding hydrogens is 416 g/mol. The summed E-state index contributed by atoms with van der Waals surface area (Å²) in [6, 6.07) is 6.03. The van der Waals surface area contributed by atoms with Gasteiger partial charge in [0, 0.05) is 16.9 Å². The van der Waals surface area contributed by atoms with Gasteiger partial charge in [-0.05, 0) is 30.3 Å². The van der Waals surface area contributed by atoms with Crippen molar-refractivity contribution < 1.29 is 31.1 Å². The lowest BCUT2D eigenvalue weighted by Crippen LogP contribution is -2.20. The van der Waals surface area contributed by atoms with Crippen LogP contribution >= 0.6 is 0 Å². The molecule has 0 radical (unpaired) electrons. The third-order valence-corrected chi connectivity index (χ3v) is 3.87. The van der Waals surface area contributed by atoms with Crippen LogP contribution in [0.1, 0.15) is 11.1 Å². The summed E-state index contributed by atoms with van der Waals surface area (Å²) in [5.74, 6) is 0.172. The summed E-state index contributed by atoms with van der Waals surface area (Å²) in [5.41, 5.74) is 3.14. The van der Waals surface area contributed by atoms with E-state index >= 15 is 0 Å². The average molecular weight is 429 g/mol. The van der Waals surface area contributed by atoms with Gasteiger partial charge in [0.25, 0.3) is 0 Å². The summed E-state index contributed by atoms with van der Waals surface area (Å²) in [7, 11) is 0. The van der Waals surface area contributed by atoms with Gasteiger partial charge in [-0.25, -0.2) is 9.78 Å². The highest BCUT2D eigenvalue weighted by Crippen LogP contribution is 2.37. The lowest BCUT2D eigenvalue weighted by Gasteiger charge is -2.15.